The number of aliphatic hydroxyl groups excluding tert-OH is 1. The van der Waals surface area contributed by atoms with Crippen LogP contribution in [0.15, 0.2) is 0 Å². The highest BCUT2D eigenvalue weighted by atomic mass is 16.6. The van der Waals surface area contributed by atoms with E-state index in [0.29, 0.717) is 6.42 Å². The van der Waals surface area contributed by atoms with Gasteiger partial charge in [-0.05, 0) is 6.42 Å². The summed E-state index contributed by atoms with van der Waals surface area (Å²) in [6, 6.07) is -0.377. The van der Waals surface area contributed by atoms with Gasteiger partial charge in [0.2, 0.25) is 0 Å². The Morgan fingerprint density at radius 1 is 1.75 bits per heavy atom. The Hall–Kier alpha value is -1.17. The lowest BCUT2D eigenvalue weighted by molar-refractivity contribution is -0.467. The van der Waals surface area contributed by atoms with Crippen molar-refractivity contribution in [1.29, 1.82) is 0 Å². The van der Waals surface area contributed by atoms with Crippen molar-refractivity contribution in [2.75, 3.05) is 13.2 Å². The quantitative estimate of drug-likeness (QED) is 0.421. The molecule has 0 aromatic carbocycles. The van der Waals surface area contributed by atoms with Gasteiger partial charge in [0.25, 0.3) is 12.5 Å². The summed E-state index contributed by atoms with van der Waals surface area (Å²) < 4.78 is 0. The molecule has 0 aliphatic heterocycles. The molecule has 0 rings (SSSR count). The maximum absolute atomic E-state index is 10.7. The van der Waals surface area contributed by atoms with Gasteiger partial charge in [0.1, 0.15) is 0 Å². The molecular weight excluding hydrogens is 164 g/mol. The first-order chi connectivity index (χ1) is 5.60. The van der Waals surface area contributed by atoms with Gasteiger partial charge in [0.05, 0.1) is 12.6 Å². The molecule has 1 unspecified atom stereocenters. The highest BCUT2D eigenvalue weighted by Crippen LogP contribution is 1.88. The molecule has 70 valence electrons. The summed E-state index contributed by atoms with van der Waals surface area (Å²) >= 11 is 0. The van der Waals surface area contributed by atoms with E-state index >= 15 is 0 Å². The number of hydrogen-bond donors (Lipinski definition) is 2. The molecular formula is C6H12N2O4. The van der Waals surface area contributed by atoms with Gasteiger partial charge in [-0.1, -0.05) is 6.92 Å². The van der Waals surface area contributed by atoms with Gasteiger partial charge in [-0.25, -0.2) is 0 Å². The lowest BCUT2D eigenvalue weighted by atomic mass is 10.2. The Bertz CT molecular complexity index is 167. The SMILES string of the molecule is CCC(CO)NC(=O)C[N+](=O)[O-]. The van der Waals surface area contributed by atoms with Crippen molar-refractivity contribution in [2.24, 2.45) is 0 Å². The lowest BCUT2D eigenvalue weighted by Crippen LogP contribution is -2.40. The van der Waals surface area contributed by atoms with Gasteiger partial charge >= 0.3 is 0 Å². The zero-order valence-electron chi connectivity index (χ0n) is 6.82. The number of nitrogens with zero attached hydrogens (tertiary/aromatic N) is 1. The van der Waals surface area contributed by atoms with Crippen LogP contribution >= 0.6 is 0 Å². The van der Waals surface area contributed by atoms with Crippen molar-refractivity contribution >= 4 is 5.91 Å². The van der Waals surface area contributed by atoms with E-state index in [-0.39, 0.29) is 12.6 Å². The number of carbonyl (C=O) groups excluding carboxylic acids is 1. The average Bonchev–Trinajstić information content (AvgIpc) is 1.98. The largest absolute Gasteiger partial charge is 0.394 e. The molecule has 0 heterocycles. The first-order valence-corrected chi connectivity index (χ1v) is 3.62. The smallest absolute Gasteiger partial charge is 0.292 e. The molecule has 6 nitrogen and oxygen atoms in total. The second-order valence-electron chi connectivity index (χ2n) is 2.35. The van der Waals surface area contributed by atoms with Crippen LogP contribution < -0.4 is 5.32 Å². The van der Waals surface area contributed by atoms with E-state index in [1.54, 1.807) is 6.92 Å². The first-order valence-electron chi connectivity index (χ1n) is 3.62. The molecule has 12 heavy (non-hydrogen) atoms. The van der Waals surface area contributed by atoms with E-state index in [4.69, 9.17) is 5.11 Å². The summed E-state index contributed by atoms with van der Waals surface area (Å²) in [6.45, 7) is 0.837. The number of nitrogens with one attached hydrogen (secondary N) is 1. The second kappa shape index (κ2) is 5.48. The molecule has 1 amide bonds. The van der Waals surface area contributed by atoms with Crippen LogP contribution in [-0.2, 0) is 4.79 Å². The Kier molecular flexibility index (Phi) is 4.94. The zero-order chi connectivity index (χ0) is 9.56. The summed E-state index contributed by atoms with van der Waals surface area (Å²) in [5.74, 6) is -0.666. The van der Waals surface area contributed by atoms with Crippen LogP contribution in [-0.4, -0.2) is 35.1 Å². The summed E-state index contributed by atoms with van der Waals surface area (Å²) in [5.41, 5.74) is 0. The minimum Gasteiger partial charge on any atom is -0.394 e. The molecule has 0 aliphatic carbocycles. The number of amides is 1. The van der Waals surface area contributed by atoms with Crippen LogP contribution in [0.1, 0.15) is 13.3 Å². The van der Waals surface area contributed by atoms with Crippen LogP contribution in [0.25, 0.3) is 0 Å². The van der Waals surface area contributed by atoms with Gasteiger partial charge in [0.15, 0.2) is 0 Å². The minimum atomic E-state index is -0.740. The van der Waals surface area contributed by atoms with Crippen LogP contribution in [0.3, 0.4) is 0 Å². The fourth-order valence-corrected chi connectivity index (χ4v) is 0.667. The number of carbonyl (C=O) groups is 1. The maximum Gasteiger partial charge on any atom is 0.292 e. The Labute approximate surface area is 69.7 Å². The summed E-state index contributed by atoms with van der Waals surface area (Å²) in [5, 5.41) is 20.8. The fourth-order valence-electron chi connectivity index (χ4n) is 0.667. The van der Waals surface area contributed by atoms with E-state index in [1.807, 2.05) is 0 Å². The van der Waals surface area contributed by atoms with E-state index in [1.165, 1.54) is 0 Å². The minimum absolute atomic E-state index is 0.194. The third-order valence-electron chi connectivity index (χ3n) is 1.35. The molecule has 0 saturated carbocycles. The third kappa shape index (κ3) is 4.62. The third-order valence-corrected chi connectivity index (χ3v) is 1.35. The highest BCUT2D eigenvalue weighted by molar-refractivity contribution is 5.77. The molecule has 0 aromatic rings. The highest BCUT2D eigenvalue weighted by Gasteiger charge is 2.13. The monoisotopic (exact) mass is 176 g/mol. The molecule has 0 radical (unpaired) electrons. The second-order valence-corrected chi connectivity index (χ2v) is 2.35. The van der Waals surface area contributed by atoms with Crippen molar-refractivity contribution in [3.63, 3.8) is 0 Å². The van der Waals surface area contributed by atoms with Crippen LogP contribution in [0.4, 0.5) is 0 Å². The average molecular weight is 176 g/mol. The van der Waals surface area contributed by atoms with Gasteiger partial charge in [0, 0.05) is 4.92 Å². The normalized spacial score (nSPS) is 12.2. The Morgan fingerprint density at radius 2 is 2.33 bits per heavy atom. The molecule has 0 spiro atoms. The van der Waals surface area contributed by atoms with Crippen molar-refractivity contribution in [1.82, 2.24) is 5.32 Å². The van der Waals surface area contributed by atoms with Crippen molar-refractivity contribution < 1.29 is 14.8 Å². The van der Waals surface area contributed by atoms with Crippen molar-refractivity contribution in [3.8, 4) is 0 Å². The lowest BCUT2D eigenvalue weighted by Gasteiger charge is -2.11. The number of nitro groups is 1. The molecule has 0 aliphatic rings. The molecule has 0 saturated heterocycles. The Morgan fingerprint density at radius 3 is 2.67 bits per heavy atom. The number of hydrogen-bond acceptors (Lipinski definition) is 4. The van der Waals surface area contributed by atoms with Crippen molar-refractivity contribution in [2.45, 2.75) is 19.4 Å². The molecule has 0 aromatic heterocycles. The summed E-state index contributed by atoms with van der Waals surface area (Å²) in [7, 11) is 0. The fraction of sp³-hybridized carbons (Fsp3) is 0.833. The molecule has 2 N–H and O–H groups in total. The van der Waals surface area contributed by atoms with Gasteiger partial charge < -0.3 is 10.4 Å². The Balaban J connectivity index is 3.74. The predicted molar refractivity (Wildman–Crippen MR) is 41.2 cm³/mol. The van der Waals surface area contributed by atoms with Crippen LogP contribution in [0.5, 0.6) is 0 Å². The van der Waals surface area contributed by atoms with E-state index < -0.39 is 17.4 Å². The number of aliphatic hydroxyl groups is 1. The molecule has 1 atom stereocenters. The molecule has 0 bridgehead atoms. The molecule has 0 fully saturated rings. The predicted octanol–water partition coefficient (Wildman–Crippen LogP) is -0.850. The van der Waals surface area contributed by atoms with E-state index in [0.717, 1.165) is 0 Å². The standard InChI is InChI=1S/C6H12N2O4/c1-2-5(4-9)7-6(10)3-8(11)12/h5,9H,2-4H2,1H3,(H,7,10). The maximum atomic E-state index is 10.7. The van der Waals surface area contributed by atoms with Gasteiger partial charge in [-0.15, -0.1) is 0 Å². The van der Waals surface area contributed by atoms with Crippen LogP contribution in [0.2, 0.25) is 0 Å². The summed E-state index contributed by atoms with van der Waals surface area (Å²) in [6.07, 6.45) is 0.556. The van der Waals surface area contributed by atoms with Crippen LogP contribution in [0, 0.1) is 10.1 Å². The van der Waals surface area contributed by atoms with Crippen molar-refractivity contribution in [3.05, 3.63) is 10.1 Å². The van der Waals surface area contributed by atoms with E-state index in [9.17, 15) is 14.9 Å². The molecule has 6 heteroatoms. The number of rotatable bonds is 5. The zero-order valence-corrected chi connectivity index (χ0v) is 6.82. The topological polar surface area (TPSA) is 92.5 Å². The summed E-state index contributed by atoms with van der Waals surface area (Å²) in [4.78, 5) is 19.9. The first kappa shape index (κ1) is 10.8. The van der Waals surface area contributed by atoms with E-state index in [2.05, 4.69) is 5.32 Å². The van der Waals surface area contributed by atoms with Gasteiger partial charge in [-0.3, -0.25) is 14.9 Å². The van der Waals surface area contributed by atoms with Gasteiger partial charge in [-0.2, -0.15) is 0 Å².